The minimum Gasteiger partial charge on any atom is -0.390 e. The lowest BCUT2D eigenvalue weighted by Gasteiger charge is -2.28. The molecule has 0 radical (unpaired) electrons. The molecule has 38 heavy (non-hydrogen) atoms. The molecule has 3 aromatic rings. The van der Waals surface area contributed by atoms with Gasteiger partial charge in [0.2, 0.25) is 11.8 Å². The molecule has 0 aliphatic carbocycles. The van der Waals surface area contributed by atoms with Crippen LogP contribution in [-0.2, 0) is 29.0 Å². The fraction of sp³-hybridized carbons (Fsp3) is 0.333. The van der Waals surface area contributed by atoms with Gasteiger partial charge in [-0.15, -0.1) is 0 Å². The number of aryl methyl sites for hydroxylation is 1. The number of benzene rings is 3. The number of anilines is 1. The van der Waals surface area contributed by atoms with E-state index >= 15 is 0 Å². The van der Waals surface area contributed by atoms with E-state index in [1.165, 1.54) is 17.0 Å². The maximum atomic E-state index is 13.6. The standard InChI is InChI=1S/C30H35F2N3O3/c1-2-21-8-6-9-22(14-21)19-35(20-28(36)27(33)17-23-15-24(31)18-25(32)16-23)30(38)13-7-12-29(37)34-26-10-4-3-5-11-26/h3-6,8-11,14-16,18,27-28,36H,2,7,12-13,17,19-20,33H2,1H3,(H,34,37)/t27-,28+/m0/s1. The Morgan fingerprint density at radius 3 is 2.29 bits per heavy atom. The van der Waals surface area contributed by atoms with Gasteiger partial charge in [0.25, 0.3) is 0 Å². The van der Waals surface area contributed by atoms with Crippen LogP contribution >= 0.6 is 0 Å². The van der Waals surface area contributed by atoms with Gasteiger partial charge in [-0.1, -0.05) is 49.4 Å². The number of para-hydroxylation sites is 1. The Kier molecular flexibility index (Phi) is 10.9. The molecule has 0 aromatic heterocycles. The molecular weight excluding hydrogens is 488 g/mol. The number of amides is 2. The van der Waals surface area contributed by atoms with E-state index in [-0.39, 0.29) is 44.2 Å². The smallest absolute Gasteiger partial charge is 0.224 e. The minimum atomic E-state index is -1.12. The van der Waals surface area contributed by atoms with Gasteiger partial charge in [-0.3, -0.25) is 9.59 Å². The van der Waals surface area contributed by atoms with E-state index < -0.39 is 23.8 Å². The lowest BCUT2D eigenvalue weighted by molar-refractivity contribution is -0.133. The van der Waals surface area contributed by atoms with Crippen LogP contribution in [0.15, 0.2) is 72.8 Å². The second-order valence-corrected chi connectivity index (χ2v) is 9.43. The monoisotopic (exact) mass is 523 g/mol. The average molecular weight is 524 g/mol. The summed E-state index contributed by atoms with van der Waals surface area (Å²) in [6.45, 7) is 2.26. The molecule has 4 N–H and O–H groups in total. The van der Waals surface area contributed by atoms with Crippen molar-refractivity contribution in [3.05, 3.63) is 101 Å². The molecule has 0 spiro atoms. The van der Waals surface area contributed by atoms with Crippen molar-refractivity contribution in [2.24, 2.45) is 5.73 Å². The van der Waals surface area contributed by atoms with Gasteiger partial charge in [0.05, 0.1) is 6.10 Å². The van der Waals surface area contributed by atoms with Crippen LogP contribution < -0.4 is 11.1 Å². The van der Waals surface area contributed by atoms with E-state index in [0.29, 0.717) is 17.7 Å². The SMILES string of the molecule is CCc1cccc(CN(C[C@@H](O)[C@@H](N)Cc2cc(F)cc(F)c2)C(=O)CCCC(=O)Nc2ccccc2)c1. The fourth-order valence-corrected chi connectivity index (χ4v) is 4.22. The second-order valence-electron chi connectivity index (χ2n) is 9.43. The topological polar surface area (TPSA) is 95.7 Å². The number of rotatable bonds is 13. The number of hydrogen-bond donors (Lipinski definition) is 3. The van der Waals surface area contributed by atoms with Gasteiger partial charge >= 0.3 is 0 Å². The Morgan fingerprint density at radius 2 is 1.61 bits per heavy atom. The first-order valence-corrected chi connectivity index (χ1v) is 12.8. The molecule has 0 unspecified atom stereocenters. The number of aliphatic hydroxyl groups excluding tert-OH is 1. The number of aliphatic hydroxyl groups is 1. The Bertz CT molecular complexity index is 1190. The molecule has 6 nitrogen and oxygen atoms in total. The first-order chi connectivity index (χ1) is 18.2. The lowest BCUT2D eigenvalue weighted by Crippen LogP contribution is -2.46. The summed E-state index contributed by atoms with van der Waals surface area (Å²) in [7, 11) is 0. The highest BCUT2D eigenvalue weighted by atomic mass is 19.1. The molecule has 0 aliphatic rings. The van der Waals surface area contributed by atoms with Crippen molar-refractivity contribution in [3.8, 4) is 0 Å². The second kappa shape index (κ2) is 14.4. The Balaban J connectivity index is 1.63. The van der Waals surface area contributed by atoms with Crippen LogP contribution in [0.3, 0.4) is 0 Å². The third-order valence-corrected chi connectivity index (χ3v) is 6.27. The van der Waals surface area contributed by atoms with E-state index in [1.54, 1.807) is 12.1 Å². The predicted octanol–water partition coefficient (Wildman–Crippen LogP) is 4.60. The summed E-state index contributed by atoms with van der Waals surface area (Å²) in [6.07, 6.45) is 0.396. The van der Waals surface area contributed by atoms with E-state index in [1.807, 2.05) is 49.4 Å². The fourth-order valence-electron chi connectivity index (χ4n) is 4.22. The summed E-state index contributed by atoms with van der Waals surface area (Å²) in [5, 5.41) is 13.6. The van der Waals surface area contributed by atoms with Gasteiger partial charge in [-0.05, 0) is 60.2 Å². The van der Waals surface area contributed by atoms with E-state index in [2.05, 4.69) is 5.32 Å². The van der Waals surface area contributed by atoms with Crippen molar-refractivity contribution in [1.82, 2.24) is 4.90 Å². The zero-order chi connectivity index (χ0) is 27.5. The Morgan fingerprint density at radius 1 is 0.921 bits per heavy atom. The van der Waals surface area contributed by atoms with Crippen LogP contribution in [0.25, 0.3) is 0 Å². The molecule has 0 bridgehead atoms. The average Bonchev–Trinajstić information content (AvgIpc) is 2.88. The summed E-state index contributed by atoms with van der Waals surface area (Å²) in [6, 6.07) is 19.2. The molecule has 2 atom stereocenters. The summed E-state index contributed by atoms with van der Waals surface area (Å²) in [4.78, 5) is 27.0. The summed E-state index contributed by atoms with van der Waals surface area (Å²) >= 11 is 0. The van der Waals surface area contributed by atoms with Crippen LogP contribution in [0.4, 0.5) is 14.5 Å². The highest BCUT2D eigenvalue weighted by Crippen LogP contribution is 2.15. The number of nitrogens with one attached hydrogen (secondary N) is 1. The quantitative estimate of drug-likeness (QED) is 0.305. The summed E-state index contributed by atoms with van der Waals surface area (Å²) in [5.41, 5.74) is 9.21. The van der Waals surface area contributed by atoms with Gasteiger partial charge in [0.1, 0.15) is 11.6 Å². The molecule has 0 fully saturated rings. The van der Waals surface area contributed by atoms with Crippen LogP contribution in [0.1, 0.15) is 42.9 Å². The molecule has 3 aromatic carbocycles. The van der Waals surface area contributed by atoms with Gasteiger partial charge in [0.15, 0.2) is 0 Å². The Hall–Kier alpha value is -3.62. The van der Waals surface area contributed by atoms with Crippen molar-refractivity contribution >= 4 is 17.5 Å². The number of nitrogens with zero attached hydrogens (tertiary/aromatic N) is 1. The lowest BCUT2D eigenvalue weighted by atomic mass is 10.0. The zero-order valence-corrected chi connectivity index (χ0v) is 21.6. The van der Waals surface area contributed by atoms with Crippen molar-refractivity contribution in [1.29, 1.82) is 0 Å². The molecule has 0 saturated heterocycles. The molecule has 3 rings (SSSR count). The Labute approximate surface area is 222 Å². The molecular formula is C30H35F2N3O3. The van der Waals surface area contributed by atoms with Crippen LogP contribution in [0.2, 0.25) is 0 Å². The largest absolute Gasteiger partial charge is 0.390 e. The summed E-state index contributed by atoms with van der Waals surface area (Å²) in [5.74, 6) is -1.84. The third-order valence-electron chi connectivity index (χ3n) is 6.27. The van der Waals surface area contributed by atoms with Gasteiger partial charge < -0.3 is 21.1 Å². The maximum Gasteiger partial charge on any atom is 0.224 e. The van der Waals surface area contributed by atoms with Crippen LogP contribution in [-0.4, -0.2) is 40.5 Å². The number of carbonyl (C=O) groups is 2. The van der Waals surface area contributed by atoms with E-state index in [0.717, 1.165) is 23.6 Å². The number of halogens is 2. The highest BCUT2D eigenvalue weighted by Gasteiger charge is 2.23. The van der Waals surface area contributed by atoms with E-state index in [4.69, 9.17) is 5.73 Å². The third kappa shape index (κ3) is 9.36. The number of hydrogen-bond acceptors (Lipinski definition) is 4. The molecule has 0 heterocycles. The molecule has 202 valence electrons. The van der Waals surface area contributed by atoms with Gasteiger partial charge in [0, 0.05) is 43.7 Å². The molecule has 8 heteroatoms. The molecule has 2 amide bonds. The van der Waals surface area contributed by atoms with Crippen LogP contribution in [0.5, 0.6) is 0 Å². The first kappa shape index (κ1) is 28.9. The van der Waals surface area contributed by atoms with Gasteiger partial charge in [-0.2, -0.15) is 0 Å². The van der Waals surface area contributed by atoms with Crippen molar-refractivity contribution < 1.29 is 23.5 Å². The highest BCUT2D eigenvalue weighted by molar-refractivity contribution is 5.90. The maximum absolute atomic E-state index is 13.6. The van der Waals surface area contributed by atoms with Crippen LogP contribution in [0, 0.1) is 11.6 Å². The van der Waals surface area contributed by atoms with E-state index in [9.17, 15) is 23.5 Å². The number of carbonyl (C=O) groups excluding carboxylic acids is 2. The zero-order valence-electron chi connectivity index (χ0n) is 21.6. The minimum absolute atomic E-state index is 0.0445. The number of nitrogens with two attached hydrogens (primary N) is 1. The predicted molar refractivity (Wildman–Crippen MR) is 144 cm³/mol. The van der Waals surface area contributed by atoms with Crippen molar-refractivity contribution in [2.75, 3.05) is 11.9 Å². The van der Waals surface area contributed by atoms with Crippen molar-refractivity contribution in [3.63, 3.8) is 0 Å². The van der Waals surface area contributed by atoms with Gasteiger partial charge in [-0.25, -0.2) is 8.78 Å². The normalized spacial score (nSPS) is 12.6. The molecule has 0 aliphatic heterocycles. The summed E-state index contributed by atoms with van der Waals surface area (Å²) < 4.78 is 27.1. The van der Waals surface area contributed by atoms with Crippen molar-refractivity contribution in [2.45, 2.75) is 57.7 Å². The molecule has 0 saturated carbocycles. The first-order valence-electron chi connectivity index (χ1n) is 12.8.